The molecule has 0 radical (unpaired) electrons. The molecule has 144 valence electrons. The van der Waals surface area contributed by atoms with E-state index in [0.29, 0.717) is 21.0 Å². The first-order valence-corrected chi connectivity index (χ1v) is 10.5. The summed E-state index contributed by atoms with van der Waals surface area (Å²) in [6.07, 6.45) is 5.11. The van der Waals surface area contributed by atoms with Gasteiger partial charge < -0.3 is 0 Å². The molecule has 2 aromatic heterocycles. The molecule has 0 aliphatic carbocycles. The van der Waals surface area contributed by atoms with Gasteiger partial charge in [-0.05, 0) is 29.8 Å². The van der Waals surface area contributed by atoms with Crippen molar-refractivity contribution in [1.29, 1.82) is 0 Å². The zero-order valence-corrected chi connectivity index (χ0v) is 17.4. The minimum Gasteiger partial charge on any atom is -0.265 e. The van der Waals surface area contributed by atoms with E-state index in [2.05, 4.69) is 32.4 Å². The molecular formula is C21H15Cl2N5S. The number of aromatic nitrogens is 4. The third kappa shape index (κ3) is 4.85. The molecule has 4 aromatic rings. The predicted octanol–water partition coefficient (Wildman–Crippen LogP) is 5.82. The monoisotopic (exact) mass is 439 g/mol. The summed E-state index contributed by atoms with van der Waals surface area (Å²) in [4.78, 5) is 4.07. The first-order valence-electron chi connectivity index (χ1n) is 8.72. The molecule has 4 rings (SSSR count). The second-order valence-corrected chi connectivity index (χ2v) is 7.82. The number of hydrogen-bond donors (Lipinski definition) is 0. The van der Waals surface area contributed by atoms with Gasteiger partial charge in [0.2, 0.25) is 5.16 Å². The van der Waals surface area contributed by atoms with Crippen LogP contribution < -0.4 is 0 Å². The van der Waals surface area contributed by atoms with E-state index < -0.39 is 0 Å². The summed E-state index contributed by atoms with van der Waals surface area (Å²) in [5.41, 5.74) is 2.82. The molecule has 0 bridgehead atoms. The summed E-state index contributed by atoms with van der Waals surface area (Å²) in [5, 5.41) is 15.1. The van der Waals surface area contributed by atoms with Gasteiger partial charge in [0, 0.05) is 34.3 Å². The van der Waals surface area contributed by atoms with Crippen LogP contribution in [0.3, 0.4) is 0 Å². The number of nitrogens with zero attached hydrogens (tertiary/aromatic N) is 5. The Bertz CT molecular complexity index is 1130. The molecule has 0 saturated carbocycles. The fourth-order valence-corrected chi connectivity index (χ4v) is 3.89. The average Bonchev–Trinajstić information content (AvgIpc) is 3.16. The lowest BCUT2D eigenvalue weighted by Gasteiger charge is -2.05. The van der Waals surface area contributed by atoms with Crippen LogP contribution in [0, 0.1) is 0 Å². The standard InChI is InChI=1S/C21H15Cl2N5S/c22-18-7-6-17(19(23)12-18)13-25-28-20(16-8-10-24-11-9-16)26-27-21(28)29-14-15-4-2-1-3-5-15/h1-13H,14H2/b25-13+. The van der Waals surface area contributed by atoms with Crippen LogP contribution in [0.1, 0.15) is 11.1 Å². The molecule has 2 aromatic carbocycles. The van der Waals surface area contributed by atoms with E-state index in [1.54, 1.807) is 47.2 Å². The van der Waals surface area contributed by atoms with Gasteiger partial charge in [-0.25, -0.2) is 0 Å². The molecule has 8 heteroatoms. The van der Waals surface area contributed by atoms with Crippen molar-refractivity contribution in [3.05, 3.63) is 94.2 Å². The Morgan fingerprint density at radius 2 is 1.76 bits per heavy atom. The fraction of sp³-hybridized carbons (Fsp3) is 0.0476. The van der Waals surface area contributed by atoms with Crippen LogP contribution in [-0.2, 0) is 5.75 Å². The lowest BCUT2D eigenvalue weighted by Crippen LogP contribution is -1.97. The highest BCUT2D eigenvalue weighted by Crippen LogP contribution is 2.26. The third-order valence-electron chi connectivity index (χ3n) is 4.04. The highest BCUT2D eigenvalue weighted by atomic mass is 35.5. The molecule has 0 aliphatic heterocycles. The molecule has 0 saturated heterocycles. The van der Waals surface area contributed by atoms with Crippen LogP contribution in [0.5, 0.6) is 0 Å². The van der Waals surface area contributed by atoms with Crippen molar-refractivity contribution in [3.63, 3.8) is 0 Å². The highest BCUT2D eigenvalue weighted by Gasteiger charge is 2.14. The SMILES string of the molecule is Clc1ccc(/C=N/n2c(SCc3ccccc3)nnc2-c2ccncc2)c(Cl)c1. The minimum absolute atomic E-state index is 0.526. The number of halogens is 2. The number of rotatable bonds is 6. The van der Waals surface area contributed by atoms with E-state index in [-0.39, 0.29) is 0 Å². The van der Waals surface area contributed by atoms with E-state index in [4.69, 9.17) is 23.2 Å². The number of pyridine rings is 1. The third-order valence-corrected chi connectivity index (χ3v) is 5.59. The Kier molecular flexibility index (Phi) is 6.24. The first-order chi connectivity index (χ1) is 14.2. The van der Waals surface area contributed by atoms with Crippen molar-refractivity contribution < 1.29 is 0 Å². The summed E-state index contributed by atoms with van der Waals surface area (Å²) in [7, 11) is 0. The second kappa shape index (κ2) is 9.22. The predicted molar refractivity (Wildman–Crippen MR) is 119 cm³/mol. The van der Waals surface area contributed by atoms with Crippen molar-refractivity contribution in [2.24, 2.45) is 5.10 Å². The molecule has 2 heterocycles. The summed E-state index contributed by atoms with van der Waals surface area (Å²) in [6.45, 7) is 0. The molecule has 0 amide bonds. The zero-order valence-electron chi connectivity index (χ0n) is 15.1. The number of benzene rings is 2. The normalized spacial score (nSPS) is 11.2. The maximum Gasteiger partial charge on any atom is 0.212 e. The van der Waals surface area contributed by atoms with Crippen molar-refractivity contribution in [1.82, 2.24) is 19.9 Å². The fourth-order valence-electron chi connectivity index (χ4n) is 2.59. The lowest BCUT2D eigenvalue weighted by molar-refractivity contribution is 0.772. The maximum absolute atomic E-state index is 6.28. The minimum atomic E-state index is 0.526. The molecule has 5 nitrogen and oxygen atoms in total. The Balaban J connectivity index is 1.68. The largest absolute Gasteiger partial charge is 0.265 e. The van der Waals surface area contributed by atoms with Crippen molar-refractivity contribution in [2.75, 3.05) is 0 Å². The molecule has 0 unspecified atom stereocenters. The molecule has 0 aliphatic rings. The van der Waals surface area contributed by atoms with E-state index in [1.807, 2.05) is 36.4 Å². The maximum atomic E-state index is 6.28. The Hall–Kier alpha value is -2.67. The van der Waals surface area contributed by atoms with E-state index in [0.717, 1.165) is 16.9 Å². The highest BCUT2D eigenvalue weighted by molar-refractivity contribution is 7.98. The molecular weight excluding hydrogens is 425 g/mol. The molecule has 0 atom stereocenters. The van der Waals surface area contributed by atoms with Crippen LogP contribution in [-0.4, -0.2) is 26.1 Å². The van der Waals surface area contributed by atoms with Crippen LogP contribution in [0.25, 0.3) is 11.4 Å². The Morgan fingerprint density at radius 1 is 0.966 bits per heavy atom. The lowest BCUT2D eigenvalue weighted by atomic mass is 10.2. The van der Waals surface area contributed by atoms with Crippen LogP contribution in [0.4, 0.5) is 0 Å². The van der Waals surface area contributed by atoms with Gasteiger partial charge in [0.25, 0.3) is 0 Å². The van der Waals surface area contributed by atoms with Gasteiger partial charge in [-0.1, -0.05) is 71.4 Å². The van der Waals surface area contributed by atoms with Crippen LogP contribution in [0.2, 0.25) is 10.0 Å². The van der Waals surface area contributed by atoms with E-state index in [9.17, 15) is 0 Å². The molecule has 0 N–H and O–H groups in total. The topological polar surface area (TPSA) is 56.0 Å². The zero-order chi connectivity index (χ0) is 20.1. The van der Waals surface area contributed by atoms with Crippen LogP contribution >= 0.6 is 35.0 Å². The summed E-state index contributed by atoms with van der Waals surface area (Å²) in [6, 6.07) is 19.2. The van der Waals surface area contributed by atoms with Gasteiger partial charge in [-0.3, -0.25) is 4.98 Å². The molecule has 29 heavy (non-hydrogen) atoms. The Morgan fingerprint density at radius 3 is 2.52 bits per heavy atom. The van der Waals surface area contributed by atoms with Crippen molar-refractivity contribution >= 4 is 41.2 Å². The van der Waals surface area contributed by atoms with Crippen molar-refractivity contribution in [3.8, 4) is 11.4 Å². The molecule has 0 fully saturated rings. The molecule has 0 spiro atoms. The smallest absolute Gasteiger partial charge is 0.212 e. The number of thioether (sulfide) groups is 1. The van der Waals surface area contributed by atoms with Gasteiger partial charge in [0.15, 0.2) is 5.82 Å². The van der Waals surface area contributed by atoms with Gasteiger partial charge in [-0.15, -0.1) is 10.2 Å². The summed E-state index contributed by atoms with van der Waals surface area (Å²) in [5.74, 6) is 1.39. The van der Waals surface area contributed by atoms with Crippen molar-refractivity contribution in [2.45, 2.75) is 10.9 Å². The van der Waals surface area contributed by atoms with E-state index >= 15 is 0 Å². The van der Waals surface area contributed by atoms with Crippen LogP contribution in [0.15, 0.2) is 83.3 Å². The summed E-state index contributed by atoms with van der Waals surface area (Å²) < 4.78 is 1.72. The Labute approximate surface area is 182 Å². The van der Waals surface area contributed by atoms with Gasteiger partial charge in [-0.2, -0.15) is 9.78 Å². The van der Waals surface area contributed by atoms with E-state index in [1.165, 1.54) is 5.56 Å². The van der Waals surface area contributed by atoms with Gasteiger partial charge in [0.1, 0.15) is 0 Å². The van der Waals surface area contributed by atoms with Gasteiger partial charge >= 0.3 is 0 Å². The van der Waals surface area contributed by atoms with Gasteiger partial charge in [0.05, 0.1) is 11.2 Å². The summed E-state index contributed by atoms with van der Waals surface area (Å²) >= 11 is 13.8. The first kappa shape index (κ1) is 19.6. The number of hydrogen-bond acceptors (Lipinski definition) is 5. The quantitative estimate of drug-likeness (QED) is 0.280. The average molecular weight is 440 g/mol. The second-order valence-electron chi connectivity index (χ2n) is 6.04.